The summed E-state index contributed by atoms with van der Waals surface area (Å²) in [6, 6.07) is 0.426. The van der Waals surface area contributed by atoms with Gasteiger partial charge in [0.2, 0.25) is 5.91 Å². The average molecular weight is 293 g/mol. The Morgan fingerprint density at radius 2 is 2.29 bits per heavy atom. The van der Waals surface area contributed by atoms with Gasteiger partial charge in [0.25, 0.3) is 0 Å². The summed E-state index contributed by atoms with van der Waals surface area (Å²) in [6.45, 7) is 2.59. The van der Waals surface area contributed by atoms with Gasteiger partial charge in [-0.15, -0.1) is 0 Å². The van der Waals surface area contributed by atoms with Crippen LogP contribution in [0.4, 0.5) is 0 Å². The number of hydrogen-bond acceptors (Lipinski definition) is 3. The van der Waals surface area contributed by atoms with Crippen molar-refractivity contribution >= 4 is 5.91 Å². The van der Waals surface area contributed by atoms with Gasteiger partial charge in [-0.25, -0.2) is 4.98 Å². The highest BCUT2D eigenvalue weighted by molar-refractivity contribution is 5.76. The summed E-state index contributed by atoms with van der Waals surface area (Å²) in [5, 5.41) is 0. The zero-order chi connectivity index (χ0) is 14.9. The molecule has 0 saturated carbocycles. The van der Waals surface area contributed by atoms with E-state index in [0.717, 1.165) is 51.8 Å². The van der Waals surface area contributed by atoms with Gasteiger partial charge in [-0.1, -0.05) is 0 Å². The second-order valence-electron chi connectivity index (χ2n) is 5.78. The largest absolute Gasteiger partial charge is 0.385 e. The van der Waals surface area contributed by atoms with Gasteiger partial charge in [0.1, 0.15) is 0 Å². The molecule has 1 fully saturated rings. The third-order valence-corrected chi connectivity index (χ3v) is 4.20. The van der Waals surface area contributed by atoms with Crippen LogP contribution in [0.2, 0.25) is 0 Å². The van der Waals surface area contributed by atoms with Gasteiger partial charge in [0, 0.05) is 51.7 Å². The smallest absolute Gasteiger partial charge is 0.222 e. The molecule has 0 aliphatic carbocycles. The van der Waals surface area contributed by atoms with E-state index in [4.69, 9.17) is 4.74 Å². The number of aromatic nitrogens is 2. The molecule has 2 rings (SSSR count). The number of methoxy groups -OCH3 is 1. The summed E-state index contributed by atoms with van der Waals surface area (Å²) in [5.74, 6) is 0.317. The van der Waals surface area contributed by atoms with Crippen LogP contribution < -0.4 is 0 Å². The van der Waals surface area contributed by atoms with Crippen LogP contribution in [0, 0.1) is 0 Å². The first-order valence-corrected chi connectivity index (χ1v) is 8.05. The predicted molar refractivity (Wildman–Crippen MR) is 81.9 cm³/mol. The lowest BCUT2D eigenvalue weighted by atomic mass is 9.97. The van der Waals surface area contributed by atoms with Gasteiger partial charge in [-0.3, -0.25) is 4.79 Å². The monoisotopic (exact) mass is 293 g/mol. The fourth-order valence-corrected chi connectivity index (χ4v) is 3.07. The molecule has 0 radical (unpaired) electrons. The van der Waals surface area contributed by atoms with E-state index in [9.17, 15) is 4.79 Å². The molecule has 5 nitrogen and oxygen atoms in total. The number of carbonyl (C=O) groups is 1. The fourth-order valence-electron chi connectivity index (χ4n) is 3.07. The van der Waals surface area contributed by atoms with Crippen molar-refractivity contribution < 1.29 is 9.53 Å². The molecule has 0 spiro atoms. The summed E-state index contributed by atoms with van der Waals surface area (Å²) in [5.41, 5.74) is 0. The van der Waals surface area contributed by atoms with Gasteiger partial charge in [0.05, 0.1) is 6.33 Å². The molecule has 21 heavy (non-hydrogen) atoms. The quantitative estimate of drug-likeness (QED) is 0.692. The molecule has 1 unspecified atom stereocenters. The first-order valence-electron chi connectivity index (χ1n) is 8.05. The molecule has 1 saturated heterocycles. The zero-order valence-electron chi connectivity index (χ0n) is 13.0. The van der Waals surface area contributed by atoms with Crippen molar-refractivity contribution in [2.45, 2.75) is 57.5 Å². The normalized spacial score (nSPS) is 18.9. The van der Waals surface area contributed by atoms with Crippen molar-refractivity contribution in [2.24, 2.45) is 0 Å². The zero-order valence-corrected chi connectivity index (χ0v) is 13.0. The van der Waals surface area contributed by atoms with Crippen LogP contribution >= 0.6 is 0 Å². The molecule has 118 valence electrons. The predicted octanol–water partition coefficient (Wildman–Crippen LogP) is 2.47. The van der Waals surface area contributed by atoms with Gasteiger partial charge < -0.3 is 14.2 Å². The van der Waals surface area contributed by atoms with E-state index in [0.29, 0.717) is 18.4 Å². The highest BCUT2D eigenvalue weighted by atomic mass is 16.5. The van der Waals surface area contributed by atoms with Crippen LogP contribution in [0.5, 0.6) is 0 Å². The van der Waals surface area contributed by atoms with E-state index in [2.05, 4.69) is 9.88 Å². The van der Waals surface area contributed by atoms with Crippen molar-refractivity contribution in [3.8, 4) is 0 Å². The Kier molecular flexibility index (Phi) is 6.73. The van der Waals surface area contributed by atoms with Crippen molar-refractivity contribution in [1.29, 1.82) is 0 Å². The molecule has 5 heteroatoms. The highest BCUT2D eigenvalue weighted by Gasteiger charge is 2.25. The number of rotatable bonds is 8. The molecule has 1 aliphatic heterocycles. The second kappa shape index (κ2) is 8.82. The van der Waals surface area contributed by atoms with Gasteiger partial charge in [-0.05, 0) is 38.5 Å². The second-order valence-corrected chi connectivity index (χ2v) is 5.78. The standard InChI is InChI=1S/C16H27N3O2/c1-21-13-5-7-15-6-2-3-11-19(15)16(20)8-4-10-18-12-9-17-14-18/h9,12,14-15H,2-8,10-11,13H2,1H3. The summed E-state index contributed by atoms with van der Waals surface area (Å²) < 4.78 is 7.15. The Balaban J connectivity index is 1.74. The van der Waals surface area contributed by atoms with E-state index in [1.165, 1.54) is 6.42 Å². The summed E-state index contributed by atoms with van der Waals surface area (Å²) in [6.07, 6.45) is 12.7. The maximum atomic E-state index is 12.4. The number of ether oxygens (including phenoxy) is 1. The highest BCUT2D eigenvalue weighted by Crippen LogP contribution is 2.22. The lowest BCUT2D eigenvalue weighted by Gasteiger charge is -2.36. The van der Waals surface area contributed by atoms with Crippen molar-refractivity contribution in [1.82, 2.24) is 14.5 Å². The summed E-state index contributed by atoms with van der Waals surface area (Å²) in [4.78, 5) is 18.6. The molecular formula is C16H27N3O2. The van der Waals surface area contributed by atoms with E-state index in [1.54, 1.807) is 19.6 Å². The van der Waals surface area contributed by atoms with Crippen LogP contribution in [-0.4, -0.2) is 46.7 Å². The molecule has 1 aliphatic rings. The van der Waals surface area contributed by atoms with E-state index in [-0.39, 0.29) is 0 Å². The van der Waals surface area contributed by atoms with Gasteiger partial charge in [-0.2, -0.15) is 0 Å². The van der Waals surface area contributed by atoms with Crippen molar-refractivity contribution in [3.63, 3.8) is 0 Å². The van der Waals surface area contributed by atoms with Crippen LogP contribution in [0.3, 0.4) is 0 Å². The number of piperidine rings is 1. The number of nitrogens with zero attached hydrogens (tertiary/aromatic N) is 3. The SMILES string of the molecule is COCCCC1CCCCN1C(=O)CCCn1ccnc1. The van der Waals surface area contributed by atoms with E-state index < -0.39 is 0 Å². The Morgan fingerprint density at radius 3 is 3.05 bits per heavy atom. The maximum Gasteiger partial charge on any atom is 0.222 e. The molecule has 2 heterocycles. The van der Waals surface area contributed by atoms with Crippen molar-refractivity contribution in [2.75, 3.05) is 20.3 Å². The Morgan fingerprint density at radius 1 is 1.38 bits per heavy atom. The van der Waals surface area contributed by atoms with Gasteiger partial charge >= 0.3 is 0 Å². The van der Waals surface area contributed by atoms with E-state index >= 15 is 0 Å². The Labute approximate surface area is 127 Å². The van der Waals surface area contributed by atoms with Crippen LogP contribution in [0.15, 0.2) is 18.7 Å². The lowest BCUT2D eigenvalue weighted by Crippen LogP contribution is -2.43. The topological polar surface area (TPSA) is 47.4 Å². The molecule has 0 N–H and O–H groups in total. The average Bonchev–Trinajstić information content (AvgIpc) is 3.01. The fraction of sp³-hybridized carbons (Fsp3) is 0.750. The third kappa shape index (κ3) is 5.16. The number of likely N-dealkylation sites (tertiary alicyclic amines) is 1. The molecular weight excluding hydrogens is 266 g/mol. The van der Waals surface area contributed by atoms with Crippen LogP contribution in [-0.2, 0) is 16.1 Å². The Hall–Kier alpha value is -1.36. The number of hydrogen-bond donors (Lipinski definition) is 0. The van der Waals surface area contributed by atoms with Crippen molar-refractivity contribution in [3.05, 3.63) is 18.7 Å². The lowest BCUT2D eigenvalue weighted by molar-refractivity contribution is -0.135. The minimum Gasteiger partial charge on any atom is -0.385 e. The van der Waals surface area contributed by atoms with Gasteiger partial charge in [0.15, 0.2) is 0 Å². The number of imidazole rings is 1. The molecule has 1 aromatic rings. The molecule has 0 bridgehead atoms. The number of carbonyl (C=O) groups excluding carboxylic acids is 1. The molecule has 0 aromatic carbocycles. The first-order chi connectivity index (χ1) is 10.3. The minimum atomic E-state index is 0.317. The summed E-state index contributed by atoms with van der Waals surface area (Å²) in [7, 11) is 1.74. The number of aryl methyl sites for hydroxylation is 1. The first kappa shape index (κ1) is 16.0. The molecule has 1 amide bonds. The van der Waals surface area contributed by atoms with E-state index in [1.807, 2.05) is 10.8 Å². The molecule has 1 atom stereocenters. The summed E-state index contributed by atoms with van der Waals surface area (Å²) >= 11 is 0. The van der Waals surface area contributed by atoms with Crippen LogP contribution in [0.1, 0.15) is 44.9 Å². The van der Waals surface area contributed by atoms with Crippen LogP contribution in [0.25, 0.3) is 0 Å². The maximum absolute atomic E-state index is 12.4. The Bertz CT molecular complexity index is 406. The minimum absolute atomic E-state index is 0.317. The number of amides is 1. The molecule has 1 aromatic heterocycles. The third-order valence-electron chi connectivity index (χ3n) is 4.20.